The number of ether oxygens (including phenoxy) is 1. The molecular weight excluding hydrogens is 236 g/mol. The SMILES string of the molecule is Cc1cc(CN)ccc1N1CC(C)(C)OC(C)(C)C1. The van der Waals surface area contributed by atoms with Crippen molar-refractivity contribution in [1.82, 2.24) is 0 Å². The van der Waals surface area contributed by atoms with Gasteiger partial charge in [0, 0.05) is 25.3 Å². The standard InChI is InChI=1S/C16H26N2O/c1-12-8-13(9-17)6-7-14(12)18-10-15(2,3)19-16(4,5)11-18/h6-8H,9-11,17H2,1-5H3. The van der Waals surface area contributed by atoms with Gasteiger partial charge in [-0.25, -0.2) is 0 Å². The van der Waals surface area contributed by atoms with E-state index in [4.69, 9.17) is 10.5 Å². The first kappa shape index (κ1) is 14.4. The Labute approximate surface area is 116 Å². The van der Waals surface area contributed by atoms with Gasteiger partial charge in [-0.15, -0.1) is 0 Å². The summed E-state index contributed by atoms with van der Waals surface area (Å²) in [5.74, 6) is 0. The Balaban J connectivity index is 2.31. The second-order valence-corrected chi connectivity index (χ2v) is 6.80. The molecule has 2 N–H and O–H groups in total. The zero-order chi connectivity index (χ0) is 14.3. The van der Waals surface area contributed by atoms with E-state index in [1.165, 1.54) is 16.8 Å². The lowest BCUT2D eigenvalue weighted by atomic mass is 9.97. The number of hydrogen-bond acceptors (Lipinski definition) is 3. The van der Waals surface area contributed by atoms with Crippen LogP contribution >= 0.6 is 0 Å². The van der Waals surface area contributed by atoms with Crippen LogP contribution < -0.4 is 10.6 Å². The summed E-state index contributed by atoms with van der Waals surface area (Å²) >= 11 is 0. The molecule has 0 aromatic heterocycles. The number of nitrogens with two attached hydrogens (primary N) is 1. The third-order valence-corrected chi connectivity index (χ3v) is 3.53. The summed E-state index contributed by atoms with van der Waals surface area (Å²) in [4.78, 5) is 2.43. The Hall–Kier alpha value is -1.06. The zero-order valence-corrected chi connectivity index (χ0v) is 12.8. The molecule has 0 radical (unpaired) electrons. The molecule has 0 spiro atoms. The zero-order valence-electron chi connectivity index (χ0n) is 12.8. The molecule has 1 aromatic carbocycles. The van der Waals surface area contributed by atoms with E-state index < -0.39 is 0 Å². The minimum absolute atomic E-state index is 0.124. The Morgan fingerprint density at radius 2 is 1.74 bits per heavy atom. The lowest BCUT2D eigenvalue weighted by Gasteiger charge is -2.48. The van der Waals surface area contributed by atoms with Crippen LogP contribution in [0, 0.1) is 6.92 Å². The van der Waals surface area contributed by atoms with E-state index in [1.807, 2.05) is 0 Å². The number of rotatable bonds is 2. The first-order chi connectivity index (χ1) is 8.72. The second-order valence-electron chi connectivity index (χ2n) is 6.80. The molecule has 1 aliphatic rings. The van der Waals surface area contributed by atoms with Gasteiger partial charge >= 0.3 is 0 Å². The van der Waals surface area contributed by atoms with Crippen molar-refractivity contribution in [3.8, 4) is 0 Å². The van der Waals surface area contributed by atoms with Crippen LogP contribution in [0.3, 0.4) is 0 Å². The number of anilines is 1. The lowest BCUT2D eigenvalue weighted by molar-refractivity contribution is -0.133. The van der Waals surface area contributed by atoms with Crippen molar-refractivity contribution in [2.24, 2.45) is 5.73 Å². The average molecular weight is 262 g/mol. The van der Waals surface area contributed by atoms with Gasteiger partial charge in [0.1, 0.15) is 0 Å². The van der Waals surface area contributed by atoms with Crippen LogP contribution in [0.15, 0.2) is 18.2 Å². The van der Waals surface area contributed by atoms with E-state index in [-0.39, 0.29) is 11.2 Å². The van der Waals surface area contributed by atoms with Gasteiger partial charge in [-0.3, -0.25) is 0 Å². The van der Waals surface area contributed by atoms with Gasteiger partial charge < -0.3 is 15.4 Å². The second kappa shape index (κ2) is 4.80. The molecule has 3 nitrogen and oxygen atoms in total. The molecule has 1 fully saturated rings. The van der Waals surface area contributed by atoms with Crippen molar-refractivity contribution in [3.05, 3.63) is 29.3 Å². The number of aryl methyl sites for hydroxylation is 1. The monoisotopic (exact) mass is 262 g/mol. The van der Waals surface area contributed by atoms with Crippen LogP contribution in [0.5, 0.6) is 0 Å². The van der Waals surface area contributed by atoms with Gasteiger partial charge in [-0.1, -0.05) is 12.1 Å². The van der Waals surface area contributed by atoms with Gasteiger partial charge in [-0.2, -0.15) is 0 Å². The van der Waals surface area contributed by atoms with Crippen LogP contribution in [-0.2, 0) is 11.3 Å². The molecule has 3 heteroatoms. The molecular formula is C16H26N2O. The Morgan fingerprint density at radius 1 is 1.16 bits per heavy atom. The van der Waals surface area contributed by atoms with Gasteiger partial charge in [0.05, 0.1) is 11.2 Å². The quantitative estimate of drug-likeness (QED) is 0.890. The van der Waals surface area contributed by atoms with Gasteiger partial charge in [-0.05, 0) is 51.8 Å². The summed E-state index contributed by atoms with van der Waals surface area (Å²) in [6.45, 7) is 13.2. The van der Waals surface area contributed by atoms with Gasteiger partial charge in [0.25, 0.3) is 0 Å². The molecule has 106 valence electrons. The van der Waals surface area contributed by atoms with E-state index in [0.717, 1.165) is 13.1 Å². The third kappa shape index (κ3) is 3.28. The van der Waals surface area contributed by atoms with Crippen molar-refractivity contribution in [2.75, 3.05) is 18.0 Å². The molecule has 0 saturated carbocycles. The maximum Gasteiger partial charge on any atom is 0.0808 e. The fraction of sp³-hybridized carbons (Fsp3) is 0.625. The molecule has 1 heterocycles. The largest absolute Gasteiger partial charge is 0.366 e. The summed E-state index contributed by atoms with van der Waals surface area (Å²) in [7, 11) is 0. The summed E-state index contributed by atoms with van der Waals surface area (Å²) < 4.78 is 6.14. The smallest absolute Gasteiger partial charge is 0.0808 e. The van der Waals surface area contributed by atoms with E-state index >= 15 is 0 Å². The summed E-state index contributed by atoms with van der Waals surface area (Å²) in [6.07, 6.45) is 0. The van der Waals surface area contributed by atoms with Crippen LogP contribution in [-0.4, -0.2) is 24.3 Å². The van der Waals surface area contributed by atoms with E-state index in [2.05, 4.69) is 57.7 Å². The van der Waals surface area contributed by atoms with Crippen molar-refractivity contribution >= 4 is 5.69 Å². The van der Waals surface area contributed by atoms with Crippen molar-refractivity contribution in [3.63, 3.8) is 0 Å². The molecule has 0 bridgehead atoms. The van der Waals surface area contributed by atoms with E-state index in [1.54, 1.807) is 0 Å². The third-order valence-electron chi connectivity index (χ3n) is 3.53. The minimum atomic E-state index is -0.124. The van der Waals surface area contributed by atoms with E-state index in [0.29, 0.717) is 6.54 Å². The normalized spacial score (nSPS) is 21.5. The highest BCUT2D eigenvalue weighted by molar-refractivity contribution is 5.55. The summed E-state index contributed by atoms with van der Waals surface area (Å²) in [5.41, 5.74) is 9.22. The molecule has 1 saturated heterocycles. The molecule has 2 rings (SSSR count). The predicted octanol–water partition coefficient (Wildman–Crippen LogP) is 2.85. The molecule has 0 amide bonds. The Kier molecular flexibility index (Phi) is 3.63. The fourth-order valence-electron chi connectivity index (χ4n) is 3.16. The molecule has 1 aliphatic heterocycles. The maximum atomic E-state index is 6.14. The van der Waals surface area contributed by atoms with Crippen LogP contribution in [0.2, 0.25) is 0 Å². The van der Waals surface area contributed by atoms with Gasteiger partial charge in [0.2, 0.25) is 0 Å². The van der Waals surface area contributed by atoms with Crippen molar-refractivity contribution in [2.45, 2.75) is 52.4 Å². The average Bonchev–Trinajstić information content (AvgIpc) is 2.24. The molecule has 0 aliphatic carbocycles. The lowest BCUT2D eigenvalue weighted by Crippen LogP contribution is -2.57. The highest BCUT2D eigenvalue weighted by Gasteiger charge is 2.38. The first-order valence-electron chi connectivity index (χ1n) is 6.97. The number of morpholine rings is 1. The fourth-order valence-corrected chi connectivity index (χ4v) is 3.16. The predicted molar refractivity (Wildman–Crippen MR) is 80.5 cm³/mol. The van der Waals surface area contributed by atoms with Crippen LogP contribution in [0.1, 0.15) is 38.8 Å². The minimum Gasteiger partial charge on any atom is -0.366 e. The van der Waals surface area contributed by atoms with Crippen molar-refractivity contribution in [1.29, 1.82) is 0 Å². The molecule has 0 unspecified atom stereocenters. The molecule has 19 heavy (non-hydrogen) atoms. The number of benzene rings is 1. The summed E-state index contributed by atoms with van der Waals surface area (Å²) in [6, 6.07) is 6.50. The van der Waals surface area contributed by atoms with Crippen molar-refractivity contribution < 1.29 is 4.74 Å². The topological polar surface area (TPSA) is 38.5 Å². The van der Waals surface area contributed by atoms with Gasteiger partial charge in [0.15, 0.2) is 0 Å². The maximum absolute atomic E-state index is 6.14. The Bertz CT molecular complexity index is 450. The first-order valence-corrected chi connectivity index (χ1v) is 6.97. The molecule has 0 atom stereocenters. The van der Waals surface area contributed by atoms with E-state index in [9.17, 15) is 0 Å². The highest BCUT2D eigenvalue weighted by Crippen LogP contribution is 2.33. The Morgan fingerprint density at radius 3 is 2.21 bits per heavy atom. The van der Waals surface area contributed by atoms with Crippen LogP contribution in [0.25, 0.3) is 0 Å². The molecule has 1 aromatic rings. The number of hydrogen-bond donors (Lipinski definition) is 1. The van der Waals surface area contributed by atoms with Crippen LogP contribution in [0.4, 0.5) is 5.69 Å². The highest BCUT2D eigenvalue weighted by atomic mass is 16.5. The summed E-state index contributed by atoms with van der Waals surface area (Å²) in [5, 5.41) is 0. The number of nitrogens with zero attached hydrogens (tertiary/aromatic N) is 1.